The Morgan fingerprint density at radius 3 is 2.33 bits per heavy atom. The zero-order chi connectivity index (χ0) is 17.1. The van der Waals surface area contributed by atoms with Gasteiger partial charge in [-0.05, 0) is 25.1 Å². The molecule has 120 valence electrons. The Morgan fingerprint density at radius 1 is 0.958 bits per heavy atom. The molecule has 5 nitrogen and oxygen atoms in total. The molecule has 0 spiro atoms. The number of carbonyl (C=O) groups is 2. The van der Waals surface area contributed by atoms with Crippen LogP contribution in [0.2, 0.25) is 0 Å². The van der Waals surface area contributed by atoms with Gasteiger partial charge in [-0.1, -0.05) is 42.5 Å². The van der Waals surface area contributed by atoms with Gasteiger partial charge in [-0.3, -0.25) is 14.3 Å². The molecule has 0 atom stereocenters. The van der Waals surface area contributed by atoms with Gasteiger partial charge in [0.1, 0.15) is 0 Å². The second-order valence-corrected chi connectivity index (χ2v) is 5.52. The fourth-order valence-electron chi connectivity index (χ4n) is 2.36. The summed E-state index contributed by atoms with van der Waals surface area (Å²) in [5, 5.41) is 6.93. The summed E-state index contributed by atoms with van der Waals surface area (Å²) in [5.74, 6) is -0.386. The molecule has 24 heavy (non-hydrogen) atoms. The number of amides is 1. The number of hydrogen-bond acceptors (Lipinski definition) is 3. The van der Waals surface area contributed by atoms with Crippen LogP contribution in [0.5, 0.6) is 0 Å². The maximum absolute atomic E-state index is 12.5. The van der Waals surface area contributed by atoms with Crippen LogP contribution < -0.4 is 5.32 Å². The van der Waals surface area contributed by atoms with Gasteiger partial charge in [0.25, 0.3) is 5.91 Å². The quantitative estimate of drug-likeness (QED) is 0.751. The van der Waals surface area contributed by atoms with Crippen molar-refractivity contribution in [2.75, 3.05) is 5.32 Å². The van der Waals surface area contributed by atoms with Crippen LogP contribution in [0.1, 0.15) is 32.1 Å². The Labute approximate surface area is 139 Å². The van der Waals surface area contributed by atoms with E-state index in [1.54, 1.807) is 54.2 Å². The molecule has 1 N–H and O–H groups in total. The third kappa shape index (κ3) is 3.25. The molecule has 0 aliphatic rings. The first kappa shape index (κ1) is 15.7. The van der Waals surface area contributed by atoms with Gasteiger partial charge in [0, 0.05) is 29.6 Å². The van der Waals surface area contributed by atoms with Crippen molar-refractivity contribution in [3.63, 3.8) is 0 Å². The Balaban J connectivity index is 1.80. The minimum Gasteiger partial charge on any atom is -0.321 e. The highest BCUT2D eigenvalue weighted by atomic mass is 16.2. The van der Waals surface area contributed by atoms with Crippen molar-refractivity contribution in [1.29, 1.82) is 0 Å². The lowest BCUT2D eigenvalue weighted by Crippen LogP contribution is -2.13. The molecule has 0 radical (unpaired) electrons. The standard InChI is InChI=1S/C19H17N3O2/c1-13-11-17(21-22(13)2)19(24)20-16-10-6-9-15(12-16)18(23)14-7-4-3-5-8-14/h3-12H,1-2H3,(H,20,24). The van der Waals surface area contributed by atoms with E-state index in [4.69, 9.17) is 0 Å². The number of nitrogens with one attached hydrogen (secondary N) is 1. The number of carbonyl (C=O) groups excluding carboxylic acids is 2. The van der Waals surface area contributed by atoms with E-state index >= 15 is 0 Å². The van der Waals surface area contributed by atoms with Crippen LogP contribution >= 0.6 is 0 Å². The predicted octanol–water partition coefficient (Wildman–Crippen LogP) is 3.21. The van der Waals surface area contributed by atoms with Gasteiger partial charge in [0.15, 0.2) is 11.5 Å². The Hall–Kier alpha value is -3.21. The number of hydrogen-bond donors (Lipinski definition) is 1. The highest BCUT2D eigenvalue weighted by Gasteiger charge is 2.13. The molecule has 0 fully saturated rings. The Kier molecular flexibility index (Phi) is 4.24. The lowest BCUT2D eigenvalue weighted by Gasteiger charge is -2.06. The van der Waals surface area contributed by atoms with E-state index in [-0.39, 0.29) is 11.7 Å². The van der Waals surface area contributed by atoms with Crippen molar-refractivity contribution < 1.29 is 9.59 Å². The summed E-state index contributed by atoms with van der Waals surface area (Å²) in [6, 6.07) is 17.7. The second-order valence-electron chi connectivity index (χ2n) is 5.52. The maximum Gasteiger partial charge on any atom is 0.276 e. The second kappa shape index (κ2) is 6.50. The molecule has 3 rings (SSSR count). The third-order valence-electron chi connectivity index (χ3n) is 3.77. The van der Waals surface area contributed by atoms with Crippen molar-refractivity contribution in [3.8, 4) is 0 Å². The molecule has 0 saturated heterocycles. The molecule has 0 bridgehead atoms. The molecule has 2 aromatic carbocycles. The topological polar surface area (TPSA) is 64.0 Å². The fourth-order valence-corrected chi connectivity index (χ4v) is 2.36. The molecular formula is C19H17N3O2. The van der Waals surface area contributed by atoms with Gasteiger partial charge in [-0.25, -0.2) is 0 Å². The minimum atomic E-state index is -0.303. The molecule has 1 amide bonds. The minimum absolute atomic E-state index is 0.0830. The number of ketones is 1. The zero-order valence-electron chi connectivity index (χ0n) is 13.5. The summed E-state index contributed by atoms with van der Waals surface area (Å²) in [4.78, 5) is 24.7. The van der Waals surface area contributed by atoms with E-state index < -0.39 is 0 Å². The van der Waals surface area contributed by atoms with Gasteiger partial charge in [-0.2, -0.15) is 5.10 Å². The van der Waals surface area contributed by atoms with Crippen molar-refractivity contribution in [2.45, 2.75) is 6.92 Å². The van der Waals surface area contributed by atoms with Gasteiger partial charge >= 0.3 is 0 Å². The summed E-state index contributed by atoms with van der Waals surface area (Å²) >= 11 is 0. The molecule has 3 aromatic rings. The summed E-state index contributed by atoms with van der Waals surface area (Å²) in [6.07, 6.45) is 0. The van der Waals surface area contributed by atoms with Crippen molar-refractivity contribution >= 4 is 17.4 Å². The Bertz CT molecular complexity index is 878. The van der Waals surface area contributed by atoms with Crippen LogP contribution in [0.3, 0.4) is 0 Å². The highest BCUT2D eigenvalue weighted by molar-refractivity contribution is 6.10. The molecule has 1 aromatic heterocycles. The largest absolute Gasteiger partial charge is 0.321 e. The fraction of sp³-hybridized carbons (Fsp3) is 0.105. The summed E-state index contributed by atoms with van der Waals surface area (Å²) < 4.78 is 1.64. The van der Waals surface area contributed by atoms with Crippen LogP contribution in [0, 0.1) is 6.92 Å². The van der Waals surface area contributed by atoms with Crippen LogP contribution in [0.25, 0.3) is 0 Å². The van der Waals surface area contributed by atoms with Crippen molar-refractivity contribution in [2.24, 2.45) is 7.05 Å². The molecule has 0 unspecified atom stereocenters. The number of nitrogens with zero attached hydrogens (tertiary/aromatic N) is 2. The first-order valence-corrected chi connectivity index (χ1v) is 7.56. The lowest BCUT2D eigenvalue weighted by molar-refractivity contribution is 0.101. The van der Waals surface area contributed by atoms with E-state index in [0.29, 0.717) is 22.5 Å². The van der Waals surface area contributed by atoms with Crippen LogP contribution in [-0.4, -0.2) is 21.5 Å². The molecule has 0 saturated carbocycles. The van der Waals surface area contributed by atoms with Crippen LogP contribution in [0.15, 0.2) is 60.7 Å². The number of aryl methyl sites for hydroxylation is 2. The van der Waals surface area contributed by atoms with E-state index in [9.17, 15) is 9.59 Å². The molecule has 5 heteroatoms. The van der Waals surface area contributed by atoms with E-state index in [0.717, 1.165) is 5.69 Å². The number of aromatic nitrogens is 2. The van der Waals surface area contributed by atoms with Gasteiger partial charge in [0.2, 0.25) is 0 Å². The average molecular weight is 319 g/mol. The molecule has 0 aliphatic heterocycles. The van der Waals surface area contributed by atoms with Gasteiger partial charge in [-0.15, -0.1) is 0 Å². The molecule has 0 aliphatic carbocycles. The highest BCUT2D eigenvalue weighted by Crippen LogP contribution is 2.16. The third-order valence-corrected chi connectivity index (χ3v) is 3.77. The molecular weight excluding hydrogens is 302 g/mol. The SMILES string of the molecule is Cc1cc(C(=O)Nc2cccc(C(=O)c3ccccc3)c2)nn1C. The number of benzene rings is 2. The van der Waals surface area contributed by atoms with Crippen molar-refractivity contribution in [3.05, 3.63) is 83.2 Å². The smallest absolute Gasteiger partial charge is 0.276 e. The lowest BCUT2D eigenvalue weighted by atomic mass is 10.0. The molecule has 1 heterocycles. The van der Waals surface area contributed by atoms with Crippen molar-refractivity contribution in [1.82, 2.24) is 9.78 Å². The normalized spacial score (nSPS) is 10.4. The van der Waals surface area contributed by atoms with E-state index in [1.165, 1.54) is 0 Å². The van der Waals surface area contributed by atoms with Crippen LogP contribution in [0.4, 0.5) is 5.69 Å². The summed E-state index contributed by atoms with van der Waals surface area (Å²) in [7, 11) is 1.78. The van der Waals surface area contributed by atoms with E-state index in [2.05, 4.69) is 10.4 Å². The zero-order valence-corrected chi connectivity index (χ0v) is 13.5. The van der Waals surface area contributed by atoms with E-state index in [1.807, 2.05) is 25.1 Å². The predicted molar refractivity (Wildman–Crippen MR) is 92.2 cm³/mol. The van der Waals surface area contributed by atoms with Gasteiger partial charge < -0.3 is 5.32 Å². The Morgan fingerprint density at radius 2 is 1.67 bits per heavy atom. The van der Waals surface area contributed by atoms with Crippen LogP contribution in [-0.2, 0) is 7.05 Å². The first-order valence-electron chi connectivity index (χ1n) is 7.56. The summed E-state index contributed by atoms with van der Waals surface area (Å²) in [5.41, 5.74) is 2.94. The summed E-state index contributed by atoms with van der Waals surface area (Å²) in [6.45, 7) is 1.88. The monoisotopic (exact) mass is 319 g/mol. The average Bonchev–Trinajstić information content (AvgIpc) is 2.94. The number of rotatable bonds is 4. The first-order chi connectivity index (χ1) is 11.5. The maximum atomic E-state index is 12.5. The van der Waals surface area contributed by atoms with Gasteiger partial charge in [0.05, 0.1) is 0 Å². The number of anilines is 1.